The maximum absolute atomic E-state index is 11.0. The van der Waals surface area contributed by atoms with E-state index in [1.54, 1.807) is 6.92 Å². The molecule has 0 radical (unpaired) electrons. The highest BCUT2D eigenvalue weighted by Gasteiger charge is 2.48. The van der Waals surface area contributed by atoms with Gasteiger partial charge in [0.05, 0.1) is 19.3 Å². The largest absolute Gasteiger partial charge is 0.460 e. The zero-order valence-corrected chi connectivity index (χ0v) is 9.54. The van der Waals surface area contributed by atoms with Crippen LogP contribution in [-0.2, 0) is 19.0 Å². The van der Waals surface area contributed by atoms with Gasteiger partial charge in [0, 0.05) is 5.57 Å². The van der Waals surface area contributed by atoms with Crippen LogP contribution in [0, 0.1) is 0 Å². The molecule has 0 saturated carbocycles. The molecule has 86 valence electrons. The fourth-order valence-corrected chi connectivity index (χ4v) is 1.11. The lowest BCUT2D eigenvalue weighted by molar-refractivity contribution is -0.140. The maximum Gasteiger partial charge on any atom is 0.333 e. The molecule has 4 nitrogen and oxygen atoms in total. The highest BCUT2D eigenvalue weighted by atomic mass is 16.6. The molecule has 1 rings (SSSR count). The second-order valence-electron chi connectivity index (χ2n) is 4.04. The van der Waals surface area contributed by atoms with Gasteiger partial charge in [0.15, 0.2) is 0 Å². The van der Waals surface area contributed by atoms with Crippen LogP contribution in [0.2, 0.25) is 0 Å². The Kier molecular flexibility index (Phi) is 3.88. The van der Waals surface area contributed by atoms with Gasteiger partial charge in [-0.25, -0.2) is 4.79 Å². The summed E-state index contributed by atoms with van der Waals surface area (Å²) in [7, 11) is 0. The first-order valence-electron chi connectivity index (χ1n) is 5.04. The molecule has 0 aromatic heterocycles. The molecule has 1 aliphatic heterocycles. The van der Waals surface area contributed by atoms with Crippen LogP contribution in [0.3, 0.4) is 0 Å². The zero-order chi connectivity index (χ0) is 11.5. The summed E-state index contributed by atoms with van der Waals surface area (Å²) in [5.41, 5.74) is 0.263. The monoisotopic (exact) mass is 214 g/mol. The number of ether oxygens (including phenoxy) is 3. The smallest absolute Gasteiger partial charge is 0.333 e. The molecule has 0 spiro atoms. The standard InChI is InChI=1S/C11H18O4/c1-8(2)10(12)14-6-5-13-7-11(4)9(3)15-11/h9H,1,5-7H2,2-4H3. The zero-order valence-electron chi connectivity index (χ0n) is 9.54. The van der Waals surface area contributed by atoms with Crippen LogP contribution >= 0.6 is 0 Å². The minimum absolute atomic E-state index is 0.141. The van der Waals surface area contributed by atoms with E-state index in [9.17, 15) is 4.79 Å². The summed E-state index contributed by atoms with van der Waals surface area (Å²) in [6.07, 6.45) is 0.260. The minimum atomic E-state index is -0.374. The Labute approximate surface area is 90.2 Å². The molecule has 0 aliphatic carbocycles. The average molecular weight is 214 g/mol. The number of rotatable bonds is 6. The number of hydrogen-bond donors (Lipinski definition) is 0. The predicted octanol–water partition coefficient (Wildman–Crippen LogP) is 1.30. The molecule has 0 aromatic rings. The van der Waals surface area contributed by atoms with E-state index < -0.39 is 0 Å². The van der Waals surface area contributed by atoms with E-state index in [0.29, 0.717) is 18.8 Å². The molecule has 2 unspecified atom stereocenters. The molecule has 15 heavy (non-hydrogen) atoms. The van der Waals surface area contributed by atoms with E-state index in [2.05, 4.69) is 6.58 Å². The summed E-state index contributed by atoms with van der Waals surface area (Å²) < 4.78 is 15.5. The Morgan fingerprint density at radius 3 is 2.60 bits per heavy atom. The first-order chi connectivity index (χ1) is 6.96. The van der Waals surface area contributed by atoms with Gasteiger partial charge in [-0.05, 0) is 20.8 Å². The van der Waals surface area contributed by atoms with E-state index in [1.807, 2.05) is 13.8 Å². The molecule has 1 aliphatic rings. The van der Waals surface area contributed by atoms with E-state index in [0.717, 1.165) is 0 Å². The van der Waals surface area contributed by atoms with Gasteiger partial charge >= 0.3 is 5.97 Å². The lowest BCUT2D eigenvalue weighted by atomic mass is 10.1. The third-order valence-corrected chi connectivity index (χ3v) is 2.45. The Morgan fingerprint density at radius 2 is 2.13 bits per heavy atom. The number of carbonyl (C=O) groups is 1. The van der Waals surface area contributed by atoms with E-state index in [-0.39, 0.29) is 24.3 Å². The molecule has 1 heterocycles. The SMILES string of the molecule is C=C(C)C(=O)OCCOCC1(C)OC1C. The lowest BCUT2D eigenvalue weighted by Crippen LogP contribution is -2.20. The van der Waals surface area contributed by atoms with Crippen molar-refractivity contribution in [3.8, 4) is 0 Å². The first-order valence-corrected chi connectivity index (χ1v) is 5.04. The number of epoxide rings is 1. The maximum atomic E-state index is 11.0. The molecular formula is C11H18O4. The first kappa shape index (κ1) is 12.2. The van der Waals surface area contributed by atoms with Gasteiger partial charge in [-0.15, -0.1) is 0 Å². The van der Waals surface area contributed by atoms with Crippen LogP contribution in [0.4, 0.5) is 0 Å². The summed E-state index contributed by atoms with van der Waals surface area (Å²) in [6, 6.07) is 0. The van der Waals surface area contributed by atoms with Crippen molar-refractivity contribution in [2.75, 3.05) is 19.8 Å². The molecular weight excluding hydrogens is 196 g/mol. The summed E-state index contributed by atoms with van der Waals surface area (Å²) in [5, 5.41) is 0. The van der Waals surface area contributed by atoms with Crippen molar-refractivity contribution in [3.05, 3.63) is 12.2 Å². The van der Waals surface area contributed by atoms with Crippen LogP contribution in [0.1, 0.15) is 20.8 Å². The van der Waals surface area contributed by atoms with E-state index in [4.69, 9.17) is 14.2 Å². The molecule has 0 amide bonds. The molecule has 2 atom stereocenters. The molecule has 1 fully saturated rings. The third kappa shape index (κ3) is 3.64. The molecule has 0 N–H and O–H groups in total. The van der Waals surface area contributed by atoms with E-state index in [1.165, 1.54) is 0 Å². The Hall–Kier alpha value is -0.870. The Bertz CT molecular complexity index is 261. The number of carbonyl (C=O) groups excluding carboxylic acids is 1. The number of hydrogen-bond acceptors (Lipinski definition) is 4. The lowest BCUT2D eigenvalue weighted by Gasteiger charge is -2.08. The van der Waals surface area contributed by atoms with Crippen molar-refractivity contribution < 1.29 is 19.0 Å². The van der Waals surface area contributed by atoms with Crippen LogP contribution in [0.25, 0.3) is 0 Å². The summed E-state index contributed by atoms with van der Waals surface area (Å²) in [4.78, 5) is 11.0. The highest BCUT2D eigenvalue weighted by Crippen LogP contribution is 2.35. The van der Waals surface area contributed by atoms with E-state index >= 15 is 0 Å². The summed E-state index contributed by atoms with van der Waals surface area (Å²) >= 11 is 0. The van der Waals surface area contributed by atoms with Crippen LogP contribution < -0.4 is 0 Å². The molecule has 0 bridgehead atoms. The average Bonchev–Trinajstić information content (AvgIpc) is 2.73. The van der Waals surface area contributed by atoms with Crippen LogP contribution in [-0.4, -0.2) is 37.5 Å². The van der Waals surface area contributed by atoms with Gasteiger partial charge in [0.2, 0.25) is 0 Å². The quantitative estimate of drug-likeness (QED) is 0.289. The second kappa shape index (κ2) is 4.77. The van der Waals surface area contributed by atoms with Gasteiger partial charge in [-0.3, -0.25) is 0 Å². The van der Waals surface area contributed by atoms with Crippen LogP contribution in [0.5, 0.6) is 0 Å². The molecule has 1 saturated heterocycles. The van der Waals surface area contributed by atoms with Crippen molar-refractivity contribution in [1.82, 2.24) is 0 Å². The minimum Gasteiger partial charge on any atom is -0.460 e. The van der Waals surface area contributed by atoms with Gasteiger partial charge in [-0.1, -0.05) is 6.58 Å². The Balaban J connectivity index is 1.98. The van der Waals surface area contributed by atoms with Crippen molar-refractivity contribution >= 4 is 5.97 Å². The highest BCUT2D eigenvalue weighted by molar-refractivity contribution is 5.86. The molecule has 0 aromatic carbocycles. The summed E-state index contributed by atoms with van der Waals surface area (Å²) in [5.74, 6) is -0.374. The Morgan fingerprint density at radius 1 is 1.53 bits per heavy atom. The van der Waals surface area contributed by atoms with Crippen molar-refractivity contribution in [2.45, 2.75) is 32.5 Å². The van der Waals surface area contributed by atoms with Crippen LogP contribution in [0.15, 0.2) is 12.2 Å². The topological polar surface area (TPSA) is 48.1 Å². The van der Waals surface area contributed by atoms with Gasteiger partial charge in [-0.2, -0.15) is 0 Å². The fraction of sp³-hybridized carbons (Fsp3) is 0.727. The van der Waals surface area contributed by atoms with Gasteiger partial charge in [0.25, 0.3) is 0 Å². The summed E-state index contributed by atoms with van der Waals surface area (Å²) in [6.45, 7) is 10.3. The van der Waals surface area contributed by atoms with Crippen molar-refractivity contribution in [3.63, 3.8) is 0 Å². The normalized spacial score (nSPS) is 28.6. The second-order valence-corrected chi connectivity index (χ2v) is 4.04. The predicted molar refractivity (Wildman–Crippen MR) is 55.5 cm³/mol. The third-order valence-electron chi connectivity index (χ3n) is 2.45. The van der Waals surface area contributed by atoms with Crippen molar-refractivity contribution in [1.29, 1.82) is 0 Å². The fourth-order valence-electron chi connectivity index (χ4n) is 1.11. The molecule has 4 heteroatoms. The van der Waals surface area contributed by atoms with Gasteiger partial charge in [0.1, 0.15) is 12.2 Å². The number of esters is 1. The van der Waals surface area contributed by atoms with Crippen molar-refractivity contribution in [2.24, 2.45) is 0 Å². The van der Waals surface area contributed by atoms with Gasteiger partial charge < -0.3 is 14.2 Å².